The van der Waals surface area contributed by atoms with Gasteiger partial charge in [-0.2, -0.15) is 0 Å². The van der Waals surface area contributed by atoms with E-state index in [0.717, 1.165) is 10.9 Å². The maximum absolute atomic E-state index is 12.1. The summed E-state index contributed by atoms with van der Waals surface area (Å²) in [4.78, 5) is 25.3. The van der Waals surface area contributed by atoms with Gasteiger partial charge in [-0.1, -0.05) is 29.4 Å². The van der Waals surface area contributed by atoms with E-state index in [-0.39, 0.29) is 6.09 Å². The first-order chi connectivity index (χ1) is 10.3. The first-order valence-corrected chi connectivity index (χ1v) is 8.03. The Labute approximate surface area is 133 Å². The lowest BCUT2D eigenvalue weighted by atomic mass is 9.82. The van der Waals surface area contributed by atoms with Gasteiger partial charge in [-0.05, 0) is 44.5 Å². The van der Waals surface area contributed by atoms with Crippen molar-refractivity contribution in [3.8, 4) is 0 Å². The summed E-state index contributed by atoms with van der Waals surface area (Å²) in [5, 5.41) is 4.42. The molecule has 0 spiro atoms. The van der Waals surface area contributed by atoms with Gasteiger partial charge >= 0.3 is 6.09 Å². The minimum Gasteiger partial charge on any atom is -0.444 e. The zero-order chi connectivity index (χ0) is 16.4. The van der Waals surface area contributed by atoms with Crippen molar-refractivity contribution in [3.63, 3.8) is 0 Å². The highest BCUT2D eigenvalue weighted by atomic mass is 31.0. The fraction of sp³-hybridized carbons (Fsp3) is 0.562. The predicted molar refractivity (Wildman–Crippen MR) is 90.3 cm³/mol. The topological polar surface area (TPSA) is 59.0 Å². The molecule has 0 radical (unpaired) electrons. The van der Waals surface area contributed by atoms with E-state index >= 15 is 0 Å². The maximum atomic E-state index is 12.1. The van der Waals surface area contributed by atoms with Gasteiger partial charge in [0, 0.05) is 13.1 Å². The summed E-state index contributed by atoms with van der Waals surface area (Å²) in [7, 11) is 2.65. The van der Waals surface area contributed by atoms with Crippen LogP contribution in [0, 0.1) is 4.91 Å². The van der Waals surface area contributed by atoms with Gasteiger partial charge in [0.05, 0.1) is 0 Å². The normalized spacial score (nSPS) is 17.9. The highest BCUT2D eigenvalue weighted by Gasteiger charge is 2.40. The average molecular weight is 322 g/mol. The van der Waals surface area contributed by atoms with Crippen LogP contribution in [0.5, 0.6) is 0 Å². The minimum atomic E-state index is -0.753. The lowest BCUT2D eigenvalue weighted by Gasteiger charge is -2.38. The first kappa shape index (κ1) is 16.9. The number of rotatable bonds is 2. The van der Waals surface area contributed by atoms with Crippen LogP contribution in [0.15, 0.2) is 29.4 Å². The molecule has 22 heavy (non-hydrogen) atoms. The highest BCUT2D eigenvalue weighted by Crippen LogP contribution is 2.36. The van der Waals surface area contributed by atoms with Crippen molar-refractivity contribution in [2.45, 2.75) is 44.8 Å². The molecule has 1 aromatic rings. The van der Waals surface area contributed by atoms with Crippen molar-refractivity contribution in [1.29, 1.82) is 0 Å². The summed E-state index contributed by atoms with van der Waals surface area (Å²) in [6, 6.07) is 7.73. The van der Waals surface area contributed by atoms with E-state index in [1.807, 2.05) is 45.0 Å². The second kappa shape index (κ2) is 6.33. The van der Waals surface area contributed by atoms with Gasteiger partial charge in [-0.25, -0.2) is 4.79 Å². The molecule has 1 unspecified atom stereocenters. The van der Waals surface area contributed by atoms with E-state index in [9.17, 15) is 9.70 Å². The standard InChI is InChI=1S/C16H23N2O3P/c1-15(2,3)21-14(19)18-10-8-16(17-20,9-11-18)12-6-4-5-7-13(12)22/h4-7H,8-11,22H2,1-3H3. The molecule has 0 N–H and O–H groups in total. The molecule has 0 aromatic heterocycles. The molecule has 1 aliphatic heterocycles. The van der Waals surface area contributed by atoms with Crippen LogP contribution < -0.4 is 5.30 Å². The molecule has 1 heterocycles. The molecule has 1 atom stereocenters. The second-order valence-corrected chi connectivity index (χ2v) is 7.30. The number of piperidine rings is 1. The summed E-state index contributed by atoms with van der Waals surface area (Å²) in [5.74, 6) is 0. The summed E-state index contributed by atoms with van der Waals surface area (Å²) in [6.45, 7) is 6.48. The lowest BCUT2D eigenvalue weighted by molar-refractivity contribution is 0.0167. The van der Waals surface area contributed by atoms with Gasteiger partial charge in [0.15, 0.2) is 0 Å². The number of benzene rings is 1. The molecule has 1 aliphatic rings. The fourth-order valence-electron chi connectivity index (χ4n) is 2.72. The van der Waals surface area contributed by atoms with E-state index in [0.29, 0.717) is 25.9 Å². The van der Waals surface area contributed by atoms with E-state index in [2.05, 4.69) is 14.4 Å². The van der Waals surface area contributed by atoms with Crippen LogP contribution in [-0.4, -0.2) is 29.7 Å². The number of nitrogens with zero attached hydrogens (tertiary/aromatic N) is 2. The first-order valence-electron chi connectivity index (χ1n) is 7.45. The van der Waals surface area contributed by atoms with Crippen molar-refractivity contribution < 1.29 is 9.53 Å². The summed E-state index contributed by atoms with van der Waals surface area (Å²) in [6.07, 6.45) is 0.702. The molecule has 1 fully saturated rings. The molecule has 2 rings (SSSR count). The van der Waals surface area contributed by atoms with E-state index in [1.165, 1.54) is 0 Å². The summed E-state index contributed by atoms with van der Waals surface area (Å²) < 4.78 is 5.38. The third-order valence-electron chi connectivity index (χ3n) is 3.88. The molecule has 120 valence electrons. The summed E-state index contributed by atoms with van der Waals surface area (Å²) in [5.41, 5.74) is -0.336. The van der Waals surface area contributed by atoms with Crippen LogP contribution in [0.1, 0.15) is 39.2 Å². The molecular formula is C16H23N2O3P. The van der Waals surface area contributed by atoms with E-state index in [1.54, 1.807) is 4.90 Å². The van der Waals surface area contributed by atoms with Crippen LogP contribution in [0.3, 0.4) is 0 Å². The van der Waals surface area contributed by atoms with Gasteiger partial charge in [0.2, 0.25) is 0 Å². The Morgan fingerprint density at radius 2 is 1.86 bits per heavy atom. The Hall–Kier alpha value is -1.48. The van der Waals surface area contributed by atoms with Crippen molar-refractivity contribution in [3.05, 3.63) is 34.7 Å². The van der Waals surface area contributed by atoms with Crippen LogP contribution in [0.4, 0.5) is 4.79 Å². The molecule has 0 saturated carbocycles. The van der Waals surface area contributed by atoms with E-state index in [4.69, 9.17) is 4.74 Å². The number of hydrogen-bond acceptors (Lipinski definition) is 4. The Bertz CT molecular complexity index is 561. The number of likely N-dealkylation sites (tertiary alicyclic amines) is 1. The average Bonchev–Trinajstić information content (AvgIpc) is 2.46. The van der Waals surface area contributed by atoms with Gasteiger partial charge in [0.1, 0.15) is 11.1 Å². The third kappa shape index (κ3) is 3.64. The van der Waals surface area contributed by atoms with Crippen LogP contribution >= 0.6 is 9.24 Å². The van der Waals surface area contributed by atoms with Crippen LogP contribution in [-0.2, 0) is 10.3 Å². The number of carbonyl (C=O) groups excluding carboxylic acids is 1. The quantitative estimate of drug-likeness (QED) is 0.621. The largest absolute Gasteiger partial charge is 0.444 e. The van der Waals surface area contributed by atoms with Crippen LogP contribution in [0.2, 0.25) is 0 Å². The Kier molecular flexibility index (Phi) is 4.86. The van der Waals surface area contributed by atoms with Crippen LogP contribution in [0.25, 0.3) is 0 Å². The summed E-state index contributed by atoms with van der Waals surface area (Å²) >= 11 is 0. The van der Waals surface area contributed by atoms with Crippen molar-refractivity contribution >= 4 is 20.6 Å². The lowest BCUT2D eigenvalue weighted by Crippen LogP contribution is -2.46. The maximum Gasteiger partial charge on any atom is 0.410 e. The second-order valence-electron chi connectivity index (χ2n) is 6.68. The minimum absolute atomic E-state index is 0.328. The molecule has 1 saturated heterocycles. The zero-order valence-corrected chi connectivity index (χ0v) is 14.5. The molecule has 6 heteroatoms. The molecule has 1 amide bonds. The number of carbonyl (C=O) groups is 1. The van der Waals surface area contributed by atoms with Gasteiger partial charge in [0.25, 0.3) is 0 Å². The Morgan fingerprint density at radius 3 is 2.36 bits per heavy atom. The SMILES string of the molecule is CC(C)(C)OC(=O)N1CCC(N=O)(c2ccccc2P)CC1. The van der Waals surface area contributed by atoms with Gasteiger partial charge in [-0.3, -0.25) is 0 Å². The van der Waals surface area contributed by atoms with Crippen molar-refractivity contribution in [2.75, 3.05) is 13.1 Å². The number of hydrogen-bond donors (Lipinski definition) is 0. The highest BCUT2D eigenvalue weighted by molar-refractivity contribution is 7.27. The smallest absolute Gasteiger partial charge is 0.410 e. The fourth-order valence-corrected chi connectivity index (χ4v) is 3.19. The Balaban J connectivity index is 2.11. The van der Waals surface area contributed by atoms with Crippen molar-refractivity contribution in [2.24, 2.45) is 5.18 Å². The number of amides is 1. The monoisotopic (exact) mass is 322 g/mol. The zero-order valence-electron chi connectivity index (χ0n) is 13.3. The molecule has 0 bridgehead atoms. The molecule has 5 nitrogen and oxygen atoms in total. The number of nitroso groups, excluding NO2 is 1. The van der Waals surface area contributed by atoms with Crippen molar-refractivity contribution in [1.82, 2.24) is 4.90 Å². The Morgan fingerprint density at radius 1 is 1.27 bits per heavy atom. The molecular weight excluding hydrogens is 299 g/mol. The third-order valence-corrected chi connectivity index (χ3v) is 4.38. The molecule has 0 aliphatic carbocycles. The van der Waals surface area contributed by atoms with Gasteiger partial charge in [-0.15, -0.1) is 14.1 Å². The number of ether oxygens (including phenoxy) is 1. The molecule has 1 aromatic carbocycles. The predicted octanol–water partition coefficient (Wildman–Crippen LogP) is 3.18. The van der Waals surface area contributed by atoms with Gasteiger partial charge < -0.3 is 9.64 Å². The van der Waals surface area contributed by atoms with E-state index < -0.39 is 11.1 Å².